The van der Waals surface area contributed by atoms with E-state index < -0.39 is 6.03 Å². The fraction of sp³-hybridized carbons (Fsp3) is 0.200. The van der Waals surface area contributed by atoms with Crippen molar-refractivity contribution in [3.05, 3.63) is 90.0 Å². The first-order valence-electron chi connectivity index (χ1n) is 10.7. The standard InChI is InChI=1S/C25H27N5O2/c26-25(32)28-22-8-6-20(7-9-22)24(31)27-21-10-12-23(13-11-21)30-16-14-29(15-17-30)18-19-4-2-1-3-5-19/h1-13H,14-18H2,(H,27,31)(H3,26,28,32). The average molecular weight is 430 g/mol. The molecule has 1 saturated heterocycles. The largest absolute Gasteiger partial charge is 0.369 e. The number of piperazine rings is 1. The minimum atomic E-state index is -0.639. The van der Waals surface area contributed by atoms with E-state index in [9.17, 15) is 9.59 Å². The Hall–Kier alpha value is -3.84. The van der Waals surface area contributed by atoms with Gasteiger partial charge in [0.2, 0.25) is 0 Å². The number of nitrogens with one attached hydrogen (secondary N) is 2. The van der Waals surface area contributed by atoms with Crippen LogP contribution in [0.25, 0.3) is 0 Å². The van der Waals surface area contributed by atoms with Crippen molar-refractivity contribution in [2.75, 3.05) is 41.7 Å². The van der Waals surface area contributed by atoms with Gasteiger partial charge in [0.15, 0.2) is 0 Å². The normalized spacial score (nSPS) is 14.1. The fourth-order valence-electron chi connectivity index (χ4n) is 3.81. The third-order valence-electron chi connectivity index (χ3n) is 5.53. The monoisotopic (exact) mass is 429 g/mol. The van der Waals surface area contributed by atoms with Gasteiger partial charge in [-0.1, -0.05) is 30.3 Å². The molecular formula is C25H27N5O2. The Morgan fingerprint density at radius 1 is 0.750 bits per heavy atom. The Morgan fingerprint density at radius 3 is 1.97 bits per heavy atom. The molecule has 0 radical (unpaired) electrons. The molecule has 7 heteroatoms. The molecule has 1 aliphatic heterocycles. The van der Waals surface area contributed by atoms with Crippen molar-refractivity contribution in [1.82, 2.24) is 4.90 Å². The van der Waals surface area contributed by atoms with Gasteiger partial charge in [-0.15, -0.1) is 0 Å². The molecule has 0 aliphatic carbocycles. The molecule has 0 bridgehead atoms. The Morgan fingerprint density at radius 2 is 1.34 bits per heavy atom. The molecule has 32 heavy (non-hydrogen) atoms. The molecule has 1 aliphatic rings. The minimum absolute atomic E-state index is 0.210. The molecule has 0 atom stereocenters. The van der Waals surface area contributed by atoms with Gasteiger partial charge in [-0.05, 0) is 54.1 Å². The molecule has 164 valence electrons. The first-order chi connectivity index (χ1) is 15.6. The average Bonchev–Trinajstić information content (AvgIpc) is 2.81. The van der Waals surface area contributed by atoms with Gasteiger partial charge in [0.25, 0.3) is 5.91 Å². The van der Waals surface area contributed by atoms with Crippen LogP contribution in [-0.4, -0.2) is 43.0 Å². The summed E-state index contributed by atoms with van der Waals surface area (Å²) in [5.41, 5.74) is 9.38. The summed E-state index contributed by atoms with van der Waals surface area (Å²) in [6, 6.07) is 24.4. The molecule has 1 heterocycles. The summed E-state index contributed by atoms with van der Waals surface area (Å²) in [4.78, 5) is 28.2. The lowest BCUT2D eigenvalue weighted by Crippen LogP contribution is -2.45. The van der Waals surface area contributed by atoms with Gasteiger partial charge in [-0.25, -0.2) is 4.79 Å². The van der Waals surface area contributed by atoms with Gasteiger partial charge in [0, 0.05) is 55.3 Å². The first-order valence-corrected chi connectivity index (χ1v) is 10.7. The van der Waals surface area contributed by atoms with Gasteiger partial charge < -0.3 is 21.3 Å². The van der Waals surface area contributed by atoms with E-state index >= 15 is 0 Å². The van der Waals surface area contributed by atoms with Crippen LogP contribution >= 0.6 is 0 Å². The number of anilines is 3. The molecule has 7 nitrogen and oxygen atoms in total. The molecule has 3 aromatic rings. The highest BCUT2D eigenvalue weighted by molar-refractivity contribution is 6.04. The first kappa shape index (κ1) is 21.4. The third-order valence-corrected chi connectivity index (χ3v) is 5.53. The highest BCUT2D eigenvalue weighted by Gasteiger charge is 2.17. The van der Waals surface area contributed by atoms with E-state index in [0.717, 1.165) is 44.1 Å². The summed E-state index contributed by atoms with van der Waals surface area (Å²) in [7, 11) is 0. The summed E-state index contributed by atoms with van der Waals surface area (Å²) in [5, 5.41) is 5.38. The number of benzene rings is 3. The van der Waals surface area contributed by atoms with Crippen molar-refractivity contribution in [2.24, 2.45) is 5.73 Å². The van der Waals surface area contributed by atoms with Crippen LogP contribution in [0, 0.1) is 0 Å². The van der Waals surface area contributed by atoms with E-state index in [2.05, 4.69) is 44.7 Å². The van der Waals surface area contributed by atoms with Crippen molar-refractivity contribution in [3.63, 3.8) is 0 Å². The predicted octanol–water partition coefficient (Wildman–Crippen LogP) is 3.75. The Labute approximate surface area is 187 Å². The zero-order valence-electron chi connectivity index (χ0n) is 17.8. The van der Waals surface area contributed by atoms with E-state index in [1.54, 1.807) is 24.3 Å². The Kier molecular flexibility index (Phi) is 6.67. The summed E-state index contributed by atoms with van der Waals surface area (Å²) in [6.07, 6.45) is 0. The van der Waals surface area contributed by atoms with Gasteiger partial charge in [0.1, 0.15) is 0 Å². The fourth-order valence-corrected chi connectivity index (χ4v) is 3.81. The number of urea groups is 1. The summed E-state index contributed by atoms with van der Waals surface area (Å²) in [5.74, 6) is -0.210. The van der Waals surface area contributed by atoms with Crippen LogP contribution in [0.2, 0.25) is 0 Å². The van der Waals surface area contributed by atoms with Gasteiger partial charge >= 0.3 is 6.03 Å². The maximum atomic E-state index is 12.5. The quantitative estimate of drug-likeness (QED) is 0.557. The smallest absolute Gasteiger partial charge is 0.316 e. The number of primary amides is 1. The highest BCUT2D eigenvalue weighted by Crippen LogP contribution is 2.21. The molecule has 3 amide bonds. The highest BCUT2D eigenvalue weighted by atomic mass is 16.2. The van der Waals surface area contributed by atoms with Gasteiger partial charge in [-0.2, -0.15) is 0 Å². The molecule has 1 fully saturated rings. The Balaban J connectivity index is 1.28. The van der Waals surface area contributed by atoms with Crippen LogP contribution in [0.4, 0.5) is 21.9 Å². The van der Waals surface area contributed by atoms with Gasteiger partial charge in [0.05, 0.1) is 0 Å². The summed E-state index contributed by atoms with van der Waals surface area (Å²) in [6.45, 7) is 4.98. The van der Waals surface area contributed by atoms with Crippen LogP contribution in [0.1, 0.15) is 15.9 Å². The van der Waals surface area contributed by atoms with E-state index in [-0.39, 0.29) is 5.91 Å². The van der Waals surface area contributed by atoms with Crippen LogP contribution in [-0.2, 0) is 6.54 Å². The van der Waals surface area contributed by atoms with Crippen LogP contribution in [0.5, 0.6) is 0 Å². The van der Waals surface area contributed by atoms with Gasteiger partial charge in [-0.3, -0.25) is 9.69 Å². The zero-order valence-corrected chi connectivity index (χ0v) is 17.8. The van der Waals surface area contributed by atoms with Crippen molar-refractivity contribution in [2.45, 2.75) is 6.54 Å². The lowest BCUT2D eigenvalue weighted by molar-refractivity contribution is 0.102. The molecule has 4 N–H and O–H groups in total. The molecule has 4 rings (SSSR count). The molecule has 0 spiro atoms. The van der Waals surface area contributed by atoms with E-state index in [1.807, 2.05) is 30.3 Å². The minimum Gasteiger partial charge on any atom is -0.369 e. The number of hydrogen-bond donors (Lipinski definition) is 3. The third kappa shape index (κ3) is 5.65. The lowest BCUT2D eigenvalue weighted by atomic mass is 10.1. The molecular weight excluding hydrogens is 402 g/mol. The van der Waals surface area contributed by atoms with Crippen molar-refractivity contribution in [1.29, 1.82) is 0 Å². The molecule has 0 saturated carbocycles. The van der Waals surface area contributed by atoms with E-state index in [0.29, 0.717) is 11.3 Å². The maximum Gasteiger partial charge on any atom is 0.316 e. The lowest BCUT2D eigenvalue weighted by Gasteiger charge is -2.36. The second kappa shape index (κ2) is 9.98. The second-order valence-corrected chi connectivity index (χ2v) is 7.82. The molecule has 3 aromatic carbocycles. The van der Waals surface area contributed by atoms with E-state index in [4.69, 9.17) is 5.73 Å². The predicted molar refractivity (Wildman–Crippen MR) is 128 cm³/mol. The SMILES string of the molecule is NC(=O)Nc1ccc(C(=O)Nc2ccc(N3CCN(Cc4ccccc4)CC3)cc2)cc1. The number of nitrogens with two attached hydrogens (primary N) is 1. The number of carbonyl (C=O) groups excluding carboxylic acids is 2. The topological polar surface area (TPSA) is 90.7 Å². The number of nitrogens with zero attached hydrogens (tertiary/aromatic N) is 2. The second-order valence-electron chi connectivity index (χ2n) is 7.82. The van der Waals surface area contributed by atoms with Crippen LogP contribution in [0.15, 0.2) is 78.9 Å². The summed E-state index contributed by atoms with van der Waals surface area (Å²) < 4.78 is 0. The molecule has 0 aromatic heterocycles. The van der Waals surface area contributed by atoms with E-state index in [1.165, 1.54) is 5.56 Å². The Bertz CT molecular complexity index is 1040. The molecule has 0 unspecified atom stereocenters. The van der Waals surface area contributed by atoms with Crippen molar-refractivity contribution in [3.8, 4) is 0 Å². The maximum absolute atomic E-state index is 12.5. The summed E-state index contributed by atoms with van der Waals surface area (Å²) >= 11 is 0. The number of carbonyl (C=O) groups is 2. The van der Waals surface area contributed by atoms with Crippen LogP contribution in [0.3, 0.4) is 0 Å². The number of amides is 3. The number of hydrogen-bond acceptors (Lipinski definition) is 4. The van der Waals surface area contributed by atoms with Crippen molar-refractivity contribution >= 4 is 29.0 Å². The number of rotatable bonds is 6. The van der Waals surface area contributed by atoms with Crippen LogP contribution < -0.4 is 21.3 Å². The van der Waals surface area contributed by atoms with Crippen molar-refractivity contribution < 1.29 is 9.59 Å². The zero-order chi connectivity index (χ0) is 22.3.